The van der Waals surface area contributed by atoms with Crippen molar-refractivity contribution in [2.75, 3.05) is 0 Å². The molecule has 8 heavy (non-hydrogen) atoms. The zero-order valence-electron chi connectivity index (χ0n) is 4.20. The van der Waals surface area contributed by atoms with Gasteiger partial charge in [-0.25, -0.2) is 0 Å². The van der Waals surface area contributed by atoms with E-state index in [4.69, 9.17) is 4.80 Å². The third-order valence-electron chi connectivity index (χ3n) is 0.384. The van der Waals surface area contributed by atoms with Crippen LogP contribution in [-0.4, -0.2) is 14.0 Å². The molecule has 0 spiro atoms. The minimum absolute atomic E-state index is 1.12. The van der Waals surface area contributed by atoms with Crippen LogP contribution in [0.15, 0.2) is 25.0 Å². The van der Waals surface area contributed by atoms with E-state index in [1.165, 1.54) is 12.2 Å². The summed E-state index contributed by atoms with van der Waals surface area (Å²) in [6, 6.07) is 0. The Hall–Kier alpha value is -0.903. The largest absolute Gasteiger partial charge is 0.769 e. The summed E-state index contributed by atoms with van der Waals surface area (Å²) in [4.78, 5) is 8.02. The smallest absolute Gasteiger partial charge is 0.511 e. The lowest BCUT2D eigenvalue weighted by Crippen LogP contribution is -1.98. The van der Waals surface area contributed by atoms with E-state index in [0.717, 1.165) is 6.26 Å². The molecular formula is C4H6O3Si. The molecule has 0 saturated heterocycles. The lowest BCUT2D eigenvalue weighted by Gasteiger charge is -1.82. The van der Waals surface area contributed by atoms with Gasteiger partial charge in [0.15, 0.2) is 0 Å². The van der Waals surface area contributed by atoms with Gasteiger partial charge in [0.1, 0.15) is 0 Å². The van der Waals surface area contributed by atoms with E-state index in [2.05, 4.69) is 11.0 Å². The van der Waals surface area contributed by atoms with Gasteiger partial charge < -0.3 is 9.22 Å². The Labute approximate surface area is 48.8 Å². The highest BCUT2D eigenvalue weighted by Gasteiger charge is 1.96. The van der Waals surface area contributed by atoms with Crippen molar-refractivity contribution < 1.29 is 13.7 Å². The molecule has 0 bridgehead atoms. The van der Waals surface area contributed by atoms with Gasteiger partial charge in [-0.2, -0.15) is 0 Å². The Morgan fingerprint density at radius 3 is 2.75 bits per heavy atom. The number of allylic oxidation sites excluding steroid dienone is 2. The number of hydrogen-bond donors (Lipinski definition) is 1. The average Bonchev–Trinajstić information content (AvgIpc) is 1.66. The second-order valence-corrected chi connectivity index (χ2v) is 1.72. The van der Waals surface area contributed by atoms with Crippen molar-refractivity contribution in [3.63, 3.8) is 0 Å². The van der Waals surface area contributed by atoms with Crippen molar-refractivity contribution in [3.05, 3.63) is 25.0 Å². The SMILES string of the molecule is C=CC=CO[Si](=O)O. The number of rotatable bonds is 3. The molecule has 0 saturated carbocycles. The van der Waals surface area contributed by atoms with Gasteiger partial charge in [0, 0.05) is 0 Å². The lowest BCUT2D eigenvalue weighted by atomic mass is 10.6. The summed E-state index contributed by atoms with van der Waals surface area (Å²) in [5.74, 6) is 0. The van der Waals surface area contributed by atoms with Crippen molar-refractivity contribution in [1.29, 1.82) is 0 Å². The van der Waals surface area contributed by atoms with Crippen LogP contribution in [-0.2, 0) is 8.89 Å². The second kappa shape index (κ2) is 4.26. The molecule has 0 aliphatic carbocycles. The van der Waals surface area contributed by atoms with E-state index in [-0.39, 0.29) is 0 Å². The first kappa shape index (κ1) is 7.10. The van der Waals surface area contributed by atoms with E-state index in [1.54, 1.807) is 0 Å². The van der Waals surface area contributed by atoms with Crippen molar-refractivity contribution in [1.82, 2.24) is 0 Å². The normalized spacial score (nSPS) is 9.00. The molecule has 0 aromatic carbocycles. The molecule has 0 rings (SSSR count). The molecule has 3 nitrogen and oxygen atoms in total. The van der Waals surface area contributed by atoms with Crippen molar-refractivity contribution in [2.45, 2.75) is 0 Å². The summed E-state index contributed by atoms with van der Waals surface area (Å²) < 4.78 is 13.9. The van der Waals surface area contributed by atoms with Gasteiger partial charge in [-0.15, -0.1) is 0 Å². The third-order valence-corrected chi connectivity index (χ3v) is 0.721. The van der Waals surface area contributed by atoms with Crippen LogP contribution in [0.2, 0.25) is 0 Å². The van der Waals surface area contributed by atoms with Crippen LogP contribution in [0.3, 0.4) is 0 Å². The highest BCUT2D eigenvalue weighted by molar-refractivity contribution is 6.24. The molecule has 0 aromatic heterocycles. The minimum Gasteiger partial charge on any atom is -0.511 e. The summed E-state index contributed by atoms with van der Waals surface area (Å²) in [7, 11) is -2.79. The van der Waals surface area contributed by atoms with Crippen LogP contribution in [0.1, 0.15) is 0 Å². The van der Waals surface area contributed by atoms with Crippen molar-refractivity contribution in [2.24, 2.45) is 0 Å². The van der Waals surface area contributed by atoms with E-state index < -0.39 is 9.17 Å². The van der Waals surface area contributed by atoms with Gasteiger partial charge in [-0.3, -0.25) is 4.46 Å². The molecule has 0 aliphatic rings. The molecular weight excluding hydrogens is 124 g/mol. The van der Waals surface area contributed by atoms with Gasteiger partial charge in [0.2, 0.25) is 0 Å². The summed E-state index contributed by atoms with van der Waals surface area (Å²) in [5, 5.41) is 0. The monoisotopic (exact) mass is 130 g/mol. The fourth-order valence-corrected chi connectivity index (χ4v) is 0.348. The summed E-state index contributed by atoms with van der Waals surface area (Å²) in [6.07, 6.45) is 4.00. The lowest BCUT2D eigenvalue weighted by molar-refractivity contribution is 0.306. The summed E-state index contributed by atoms with van der Waals surface area (Å²) in [5.41, 5.74) is 0. The van der Waals surface area contributed by atoms with Gasteiger partial charge in [-0.1, -0.05) is 12.7 Å². The summed E-state index contributed by atoms with van der Waals surface area (Å²) >= 11 is 0. The van der Waals surface area contributed by atoms with E-state index >= 15 is 0 Å². The Kier molecular flexibility index (Phi) is 3.78. The molecule has 4 heteroatoms. The maximum absolute atomic E-state index is 9.75. The molecule has 0 amide bonds. The van der Waals surface area contributed by atoms with Gasteiger partial charge >= 0.3 is 9.17 Å². The van der Waals surface area contributed by atoms with E-state index in [9.17, 15) is 4.46 Å². The van der Waals surface area contributed by atoms with Gasteiger partial charge in [0.25, 0.3) is 0 Å². The molecule has 0 fully saturated rings. The fourth-order valence-electron chi connectivity index (χ4n) is 0.153. The number of hydrogen-bond acceptors (Lipinski definition) is 2. The zero-order chi connectivity index (χ0) is 6.41. The second-order valence-electron chi connectivity index (χ2n) is 0.948. The maximum atomic E-state index is 9.75. The highest BCUT2D eigenvalue weighted by atomic mass is 28.3. The Morgan fingerprint density at radius 2 is 2.38 bits per heavy atom. The van der Waals surface area contributed by atoms with Crippen molar-refractivity contribution >= 4 is 9.17 Å². The zero-order valence-corrected chi connectivity index (χ0v) is 5.20. The predicted molar refractivity (Wildman–Crippen MR) is 29.1 cm³/mol. The average molecular weight is 130 g/mol. The molecule has 1 N–H and O–H groups in total. The van der Waals surface area contributed by atoms with Crippen LogP contribution in [0.4, 0.5) is 0 Å². The highest BCUT2D eigenvalue weighted by Crippen LogP contribution is 1.74. The third kappa shape index (κ3) is 5.10. The Balaban J connectivity index is 3.29. The molecule has 0 aliphatic heterocycles. The molecule has 44 valence electrons. The Bertz CT molecular complexity index is 118. The molecule has 0 aromatic rings. The van der Waals surface area contributed by atoms with Crippen LogP contribution in [0, 0.1) is 0 Å². The molecule has 0 unspecified atom stereocenters. The van der Waals surface area contributed by atoms with Gasteiger partial charge in [0.05, 0.1) is 6.26 Å². The molecule has 0 heterocycles. The van der Waals surface area contributed by atoms with E-state index in [0.29, 0.717) is 0 Å². The first-order chi connectivity index (χ1) is 3.77. The topological polar surface area (TPSA) is 46.5 Å². The van der Waals surface area contributed by atoms with Crippen LogP contribution in [0.25, 0.3) is 0 Å². The first-order valence-corrected chi connectivity index (χ1v) is 3.21. The first-order valence-electron chi connectivity index (χ1n) is 1.94. The van der Waals surface area contributed by atoms with E-state index in [1.807, 2.05) is 0 Å². The van der Waals surface area contributed by atoms with Gasteiger partial charge in [-0.05, 0) is 6.08 Å². The standard InChI is InChI=1S/C4H6O3Si/c1-2-3-4-7-8(5)6/h2-5H,1H2. The quantitative estimate of drug-likeness (QED) is 0.335. The van der Waals surface area contributed by atoms with Crippen LogP contribution >= 0.6 is 0 Å². The molecule has 0 atom stereocenters. The van der Waals surface area contributed by atoms with Crippen LogP contribution in [0.5, 0.6) is 0 Å². The maximum Gasteiger partial charge on any atom is 0.769 e. The fraction of sp³-hybridized carbons (Fsp3) is 0. The van der Waals surface area contributed by atoms with Crippen molar-refractivity contribution in [3.8, 4) is 0 Å². The predicted octanol–water partition coefficient (Wildman–Crippen LogP) is 0.110. The molecule has 0 radical (unpaired) electrons. The van der Waals surface area contributed by atoms with Crippen LogP contribution < -0.4 is 0 Å². The summed E-state index contributed by atoms with van der Waals surface area (Å²) in [6.45, 7) is 3.32. The Morgan fingerprint density at radius 1 is 1.75 bits per heavy atom. The minimum atomic E-state index is -2.79.